The monoisotopic (exact) mass is 348 g/mol. The summed E-state index contributed by atoms with van der Waals surface area (Å²) in [5, 5.41) is 12.9. The van der Waals surface area contributed by atoms with Crippen molar-refractivity contribution in [1.29, 1.82) is 5.26 Å². The normalized spacial score (nSPS) is 11.9. The second-order valence-electron chi connectivity index (χ2n) is 4.58. The van der Waals surface area contributed by atoms with Gasteiger partial charge in [0.05, 0.1) is 11.6 Å². The van der Waals surface area contributed by atoms with Crippen LogP contribution in [0.2, 0.25) is 5.02 Å². The predicted octanol–water partition coefficient (Wildman–Crippen LogP) is 4.82. The van der Waals surface area contributed by atoms with Crippen LogP contribution in [-0.4, -0.2) is 0 Å². The maximum atomic E-state index is 8.82. The first-order valence-corrected chi connectivity index (χ1v) is 7.44. The van der Waals surface area contributed by atoms with Crippen molar-refractivity contribution in [2.24, 2.45) is 0 Å². The van der Waals surface area contributed by atoms with Gasteiger partial charge in [-0.1, -0.05) is 45.7 Å². The fraction of sp³-hybridized carbons (Fsp3) is 0.188. The van der Waals surface area contributed by atoms with Crippen LogP contribution in [0, 0.1) is 11.3 Å². The van der Waals surface area contributed by atoms with Crippen LogP contribution in [0.1, 0.15) is 29.7 Å². The molecular formula is C16H14BrClN2. The number of nitrogens with one attached hydrogen (secondary N) is 1. The van der Waals surface area contributed by atoms with Gasteiger partial charge in [0, 0.05) is 22.1 Å². The number of nitrogens with zero attached hydrogens (tertiary/aromatic N) is 1. The van der Waals surface area contributed by atoms with Crippen LogP contribution in [0.15, 0.2) is 46.9 Å². The molecule has 2 aromatic rings. The Morgan fingerprint density at radius 3 is 2.75 bits per heavy atom. The van der Waals surface area contributed by atoms with Gasteiger partial charge < -0.3 is 5.32 Å². The van der Waals surface area contributed by atoms with Crippen LogP contribution in [0.25, 0.3) is 0 Å². The van der Waals surface area contributed by atoms with Gasteiger partial charge in [-0.25, -0.2) is 0 Å². The van der Waals surface area contributed by atoms with E-state index >= 15 is 0 Å². The highest BCUT2D eigenvalue weighted by Crippen LogP contribution is 2.21. The maximum absolute atomic E-state index is 8.82. The van der Waals surface area contributed by atoms with Crippen molar-refractivity contribution in [1.82, 2.24) is 5.32 Å². The molecule has 0 aliphatic rings. The highest BCUT2D eigenvalue weighted by Gasteiger charge is 2.07. The van der Waals surface area contributed by atoms with Crippen LogP contribution in [0.3, 0.4) is 0 Å². The Morgan fingerprint density at radius 2 is 2.10 bits per heavy atom. The standard InChI is InChI=1S/C16H14BrClN2/c1-11(13-3-2-4-15(17)8-13)20-10-14-6-5-12(9-19)7-16(14)18/h2-8,11,20H,10H2,1H3/t11-/m0/s1. The lowest BCUT2D eigenvalue weighted by Gasteiger charge is -2.15. The van der Waals surface area contributed by atoms with Gasteiger partial charge in [0.15, 0.2) is 0 Å². The fourth-order valence-electron chi connectivity index (χ4n) is 1.92. The molecule has 0 unspecified atom stereocenters. The molecule has 0 amide bonds. The SMILES string of the molecule is C[C@H](NCc1ccc(C#N)cc1Cl)c1cccc(Br)c1. The van der Waals surface area contributed by atoms with Crippen molar-refractivity contribution >= 4 is 27.5 Å². The van der Waals surface area contributed by atoms with E-state index in [1.54, 1.807) is 12.1 Å². The molecule has 0 radical (unpaired) electrons. The maximum Gasteiger partial charge on any atom is 0.0992 e. The molecule has 0 saturated heterocycles. The molecule has 0 aliphatic carbocycles. The van der Waals surface area contributed by atoms with Crippen LogP contribution in [0.4, 0.5) is 0 Å². The minimum atomic E-state index is 0.221. The zero-order valence-corrected chi connectivity index (χ0v) is 13.4. The number of hydrogen-bond donors (Lipinski definition) is 1. The Morgan fingerprint density at radius 1 is 1.30 bits per heavy atom. The van der Waals surface area contributed by atoms with Gasteiger partial charge in [-0.2, -0.15) is 5.26 Å². The summed E-state index contributed by atoms with van der Waals surface area (Å²) in [6.07, 6.45) is 0. The lowest BCUT2D eigenvalue weighted by Crippen LogP contribution is -2.18. The van der Waals surface area contributed by atoms with Gasteiger partial charge in [0.2, 0.25) is 0 Å². The Hall–Kier alpha value is -1.34. The van der Waals surface area contributed by atoms with E-state index < -0.39 is 0 Å². The molecule has 0 spiro atoms. The zero-order chi connectivity index (χ0) is 14.5. The molecule has 1 N–H and O–H groups in total. The summed E-state index contributed by atoms with van der Waals surface area (Å²) in [4.78, 5) is 0. The third-order valence-corrected chi connectivity index (χ3v) is 3.97. The van der Waals surface area contributed by atoms with Gasteiger partial charge in [-0.15, -0.1) is 0 Å². The van der Waals surface area contributed by atoms with Gasteiger partial charge in [-0.05, 0) is 42.3 Å². The van der Waals surface area contributed by atoms with E-state index in [0.717, 1.165) is 10.0 Å². The average molecular weight is 350 g/mol. The van der Waals surface area contributed by atoms with E-state index in [4.69, 9.17) is 16.9 Å². The van der Waals surface area contributed by atoms with Crippen molar-refractivity contribution in [3.05, 3.63) is 68.7 Å². The van der Waals surface area contributed by atoms with E-state index in [1.165, 1.54) is 5.56 Å². The summed E-state index contributed by atoms with van der Waals surface area (Å²) in [5.74, 6) is 0. The molecule has 4 heteroatoms. The number of rotatable bonds is 4. The Bertz CT molecular complexity index is 649. The minimum absolute atomic E-state index is 0.221. The molecule has 1 atom stereocenters. The number of benzene rings is 2. The van der Waals surface area contributed by atoms with E-state index in [9.17, 15) is 0 Å². The summed E-state index contributed by atoms with van der Waals surface area (Å²) in [6, 6.07) is 15.9. The van der Waals surface area contributed by atoms with Crippen molar-refractivity contribution in [2.75, 3.05) is 0 Å². The summed E-state index contributed by atoms with van der Waals surface area (Å²) in [6.45, 7) is 2.78. The first-order chi connectivity index (χ1) is 9.60. The summed E-state index contributed by atoms with van der Waals surface area (Å²) in [7, 11) is 0. The Balaban J connectivity index is 2.04. The molecule has 20 heavy (non-hydrogen) atoms. The van der Waals surface area contributed by atoms with Crippen molar-refractivity contribution in [3.63, 3.8) is 0 Å². The second kappa shape index (κ2) is 6.90. The highest BCUT2D eigenvalue weighted by atomic mass is 79.9. The fourth-order valence-corrected chi connectivity index (χ4v) is 2.58. The van der Waals surface area contributed by atoms with Crippen LogP contribution >= 0.6 is 27.5 Å². The smallest absolute Gasteiger partial charge is 0.0992 e. The van der Waals surface area contributed by atoms with Gasteiger partial charge in [-0.3, -0.25) is 0 Å². The molecule has 102 valence electrons. The zero-order valence-electron chi connectivity index (χ0n) is 11.0. The summed E-state index contributed by atoms with van der Waals surface area (Å²) < 4.78 is 1.07. The molecule has 2 rings (SSSR count). The van der Waals surface area contributed by atoms with Crippen molar-refractivity contribution < 1.29 is 0 Å². The largest absolute Gasteiger partial charge is 0.306 e. The third kappa shape index (κ3) is 3.83. The molecule has 0 fully saturated rings. The third-order valence-electron chi connectivity index (χ3n) is 3.13. The van der Waals surface area contributed by atoms with E-state index in [-0.39, 0.29) is 6.04 Å². The second-order valence-corrected chi connectivity index (χ2v) is 5.90. The lowest BCUT2D eigenvalue weighted by atomic mass is 10.1. The van der Waals surface area contributed by atoms with E-state index in [1.807, 2.05) is 18.2 Å². The summed E-state index contributed by atoms with van der Waals surface area (Å²) in [5.41, 5.74) is 2.79. The molecule has 0 saturated carbocycles. The Kier molecular flexibility index (Phi) is 5.19. The summed E-state index contributed by atoms with van der Waals surface area (Å²) >= 11 is 9.64. The van der Waals surface area contributed by atoms with Crippen molar-refractivity contribution in [2.45, 2.75) is 19.5 Å². The predicted molar refractivity (Wildman–Crippen MR) is 85.6 cm³/mol. The quantitative estimate of drug-likeness (QED) is 0.858. The first kappa shape index (κ1) is 15.1. The number of nitriles is 1. The number of halogens is 2. The molecule has 0 bridgehead atoms. The lowest BCUT2D eigenvalue weighted by molar-refractivity contribution is 0.574. The van der Waals surface area contributed by atoms with Gasteiger partial charge in [0.25, 0.3) is 0 Å². The van der Waals surface area contributed by atoms with Gasteiger partial charge in [0.1, 0.15) is 0 Å². The molecule has 2 aromatic carbocycles. The van der Waals surface area contributed by atoms with Gasteiger partial charge >= 0.3 is 0 Å². The first-order valence-electron chi connectivity index (χ1n) is 6.27. The Labute approximate surface area is 132 Å². The topological polar surface area (TPSA) is 35.8 Å². The molecule has 0 aliphatic heterocycles. The average Bonchev–Trinajstić information content (AvgIpc) is 2.45. The molecule has 0 aromatic heterocycles. The van der Waals surface area contributed by atoms with E-state index in [0.29, 0.717) is 17.1 Å². The highest BCUT2D eigenvalue weighted by molar-refractivity contribution is 9.10. The van der Waals surface area contributed by atoms with Crippen LogP contribution in [0.5, 0.6) is 0 Å². The van der Waals surface area contributed by atoms with Crippen molar-refractivity contribution in [3.8, 4) is 6.07 Å². The van der Waals surface area contributed by atoms with E-state index in [2.05, 4.69) is 46.4 Å². The number of hydrogen-bond acceptors (Lipinski definition) is 2. The van der Waals surface area contributed by atoms with Crippen LogP contribution in [-0.2, 0) is 6.54 Å². The van der Waals surface area contributed by atoms with Crippen LogP contribution < -0.4 is 5.32 Å². The minimum Gasteiger partial charge on any atom is -0.306 e. The molecule has 0 heterocycles. The molecule has 2 nitrogen and oxygen atoms in total. The molecular weight excluding hydrogens is 336 g/mol.